The molecule has 1 amide bonds. The number of benzene rings is 2. The summed E-state index contributed by atoms with van der Waals surface area (Å²) in [6, 6.07) is 15.8. The lowest BCUT2D eigenvalue weighted by Crippen LogP contribution is -2.49. The highest BCUT2D eigenvalue weighted by Crippen LogP contribution is 2.24. The molecule has 0 bridgehead atoms. The van der Waals surface area contributed by atoms with E-state index in [4.69, 9.17) is 21.1 Å². The SMILES string of the molecule is CN=C(NCc1ccccc1COc1ccccc1Cl)NC1CCN(C(=O)OC)CC1. The fourth-order valence-corrected chi connectivity index (χ4v) is 3.68. The second-order valence-corrected chi connectivity index (χ2v) is 7.70. The maximum atomic E-state index is 11.6. The summed E-state index contributed by atoms with van der Waals surface area (Å²) in [5.41, 5.74) is 2.20. The van der Waals surface area contributed by atoms with Gasteiger partial charge in [-0.3, -0.25) is 4.99 Å². The van der Waals surface area contributed by atoms with Crippen molar-refractivity contribution in [2.45, 2.75) is 32.0 Å². The van der Waals surface area contributed by atoms with Crippen LogP contribution in [0.2, 0.25) is 5.02 Å². The molecule has 31 heavy (non-hydrogen) atoms. The third-order valence-electron chi connectivity index (χ3n) is 5.28. The van der Waals surface area contributed by atoms with Crippen LogP contribution >= 0.6 is 11.6 Å². The molecule has 0 saturated carbocycles. The first-order valence-corrected chi connectivity index (χ1v) is 10.7. The van der Waals surface area contributed by atoms with E-state index in [1.54, 1.807) is 11.9 Å². The molecule has 0 atom stereocenters. The molecule has 0 unspecified atom stereocenters. The third kappa shape index (κ3) is 6.52. The molecule has 2 aromatic carbocycles. The summed E-state index contributed by atoms with van der Waals surface area (Å²) in [6.07, 6.45) is 1.42. The standard InChI is InChI=1S/C23H29ClN4O3/c1-25-22(27-19-11-13-28(14-12-19)23(29)30-2)26-15-17-7-3-4-8-18(17)16-31-21-10-6-5-9-20(21)24/h3-10,19H,11-16H2,1-2H3,(H2,25,26,27). The summed E-state index contributed by atoms with van der Waals surface area (Å²) in [6.45, 7) is 2.38. The number of para-hydroxylation sites is 1. The van der Waals surface area contributed by atoms with Crippen LogP contribution in [0.25, 0.3) is 0 Å². The van der Waals surface area contributed by atoms with Crippen molar-refractivity contribution in [1.82, 2.24) is 15.5 Å². The number of nitrogens with zero attached hydrogens (tertiary/aromatic N) is 2. The van der Waals surface area contributed by atoms with Gasteiger partial charge in [-0.1, -0.05) is 48.0 Å². The van der Waals surface area contributed by atoms with Crippen molar-refractivity contribution in [3.63, 3.8) is 0 Å². The Kier molecular flexibility index (Phi) is 8.41. The zero-order valence-corrected chi connectivity index (χ0v) is 18.7. The lowest BCUT2D eigenvalue weighted by atomic mass is 10.1. The Morgan fingerprint density at radius 2 is 1.81 bits per heavy atom. The van der Waals surface area contributed by atoms with Crippen LogP contribution in [-0.2, 0) is 17.9 Å². The highest BCUT2D eigenvalue weighted by molar-refractivity contribution is 6.32. The van der Waals surface area contributed by atoms with Crippen molar-refractivity contribution >= 4 is 23.7 Å². The van der Waals surface area contributed by atoms with Crippen LogP contribution in [0, 0.1) is 0 Å². The van der Waals surface area contributed by atoms with E-state index in [-0.39, 0.29) is 12.1 Å². The van der Waals surface area contributed by atoms with E-state index in [1.807, 2.05) is 42.5 Å². The quantitative estimate of drug-likeness (QED) is 0.523. The average Bonchev–Trinajstić information content (AvgIpc) is 2.81. The number of ether oxygens (including phenoxy) is 2. The number of amides is 1. The van der Waals surface area contributed by atoms with Crippen LogP contribution in [-0.4, -0.2) is 50.2 Å². The largest absolute Gasteiger partial charge is 0.487 e. The third-order valence-corrected chi connectivity index (χ3v) is 5.59. The van der Waals surface area contributed by atoms with Crippen molar-refractivity contribution in [1.29, 1.82) is 0 Å². The number of piperidine rings is 1. The Morgan fingerprint density at radius 1 is 1.13 bits per heavy atom. The maximum Gasteiger partial charge on any atom is 0.409 e. The molecule has 1 aliphatic heterocycles. The minimum Gasteiger partial charge on any atom is -0.487 e. The highest BCUT2D eigenvalue weighted by Gasteiger charge is 2.23. The van der Waals surface area contributed by atoms with Gasteiger partial charge in [-0.05, 0) is 36.1 Å². The topological polar surface area (TPSA) is 75.2 Å². The molecule has 2 aromatic rings. The van der Waals surface area contributed by atoms with Gasteiger partial charge in [0.25, 0.3) is 0 Å². The van der Waals surface area contributed by atoms with Crippen molar-refractivity contribution in [2.75, 3.05) is 27.2 Å². The summed E-state index contributed by atoms with van der Waals surface area (Å²) >= 11 is 6.19. The first-order valence-electron chi connectivity index (χ1n) is 10.3. The van der Waals surface area contributed by atoms with E-state index in [0.717, 1.165) is 29.9 Å². The molecule has 1 heterocycles. The second kappa shape index (κ2) is 11.5. The van der Waals surface area contributed by atoms with Crippen molar-refractivity contribution in [3.05, 3.63) is 64.7 Å². The molecule has 0 aliphatic carbocycles. The molecule has 2 N–H and O–H groups in total. The number of nitrogens with one attached hydrogen (secondary N) is 2. The van der Waals surface area contributed by atoms with Crippen LogP contribution in [0.3, 0.4) is 0 Å². The van der Waals surface area contributed by atoms with Gasteiger partial charge in [-0.2, -0.15) is 0 Å². The molecule has 3 rings (SSSR count). The number of likely N-dealkylation sites (tertiary alicyclic amines) is 1. The van der Waals surface area contributed by atoms with Crippen LogP contribution in [0.4, 0.5) is 4.79 Å². The van der Waals surface area contributed by atoms with Gasteiger partial charge >= 0.3 is 6.09 Å². The number of aliphatic imine (C=N–C) groups is 1. The summed E-state index contributed by atoms with van der Waals surface area (Å²) in [5, 5.41) is 7.43. The molecule has 1 aliphatic rings. The lowest BCUT2D eigenvalue weighted by Gasteiger charge is -2.32. The molecular formula is C23H29ClN4O3. The Morgan fingerprint density at radius 3 is 2.48 bits per heavy atom. The Bertz CT molecular complexity index is 898. The van der Waals surface area contributed by atoms with Gasteiger partial charge in [0.15, 0.2) is 5.96 Å². The molecule has 8 heteroatoms. The molecule has 1 fully saturated rings. The van der Waals surface area contributed by atoms with Gasteiger partial charge < -0.3 is 25.0 Å². The van der Waals surface area contributed by atoms with Crippen molar-refractivity contribution < 1.29 is 14.3 Å². The average molecular weight is 445 g/mol. The summed E-state index contributed by atoms with van der Waals surface area (Å²) < 4.78 is 10.7. The number of guanidine groups is 1. The van der Waals surface area contributed by atoms with E-state index in [2.05, 4.69) is 21.7 Å². The van der Waals surface area contributed by atoms with E-state index >= 15 is 0 Å². The fourth-order valence-electron chi connectivity index (χ4n) is 3.49. The fraction of sp³-hybridized carbons (Fsp3) is 0.391. The van der Waals surface area contributed by atoms with E-state index in [1.165, 1.54) is 7.11 Å². The Labute approximate surface area is 188 Å². The predicted octanol–water partition coefficient (Wildman–Crippen LogP) is 3.81. The van der Waals surface area contributed by atoms with Crippen molar-refractivity contribution in [3.8, 4) is 5.75 Å². The molecule has 0 spiro atoms. The van der Waals surface area contributed by atoms with E-state index in [0.29, 0.717) is 37.0 Å². The second-order valence-electron chi connectivity index (χ2n) is 7.29. The van der Waals surface area contributed by atoms with Gasteiger partial charge in [0, 0.05) is 32.7 Å². The molecule has 0 aromatic heterocycles. The maximum absolute atomic E-state index is 11.6. The molecule has 1 saturated heterocycles. The zero-order chi connectivity index (χ0) is 22.1. The smallest absolute Gasteiger partial charge is 0.409 e. The highest BCUT2D eigenvalue weighted by atomic mass is 35.5. The van der Waals surface area contributed by atoms with Crippen molar-refractivity contribution in [2.24, 2.45) is 4.99 Å². The van der Waals surface area contributed by atoms with Gasteiger partial charge in [0.2, 0.25) is 0 Å². The number of carbonyl (C=O) groups is 1. The minimum atomic E-state index is -0.267. The number of halogens is 1. The van der Waals surface area contributed by atoms with E-state index in [9.17, 15) is 4.79 Å². The summed E-state index contributed by atoms with van der Waals surface area (Å²) in [4.78, 5) is 17.7. The number of methoxy groups -OCH3 is 1. The number of rotatable bonds is 6. The van der Waals surface area contributed by atoms with Crippen LogP contribution < -0.4 is 15.4 Å². The molecule has 0 radical (unpaired) electrons. The van der Waals surface area contributed by atoms with E-state index < -0.39 is 0 Å². The normalized spacial score (nSPS) is 14.8. The minimum absolute atomic E-state index is 0.255. The molecule has 7 nitrogen and oxygen atoms in total. The molecular weight excluding hydrogens is 416 g/mol. The first-order chi connectivity index (χ1) is 15.1. The zero-order valence-electron chi connectivity index (χ0n) is 17.9. The Hall–Kier alpha value is -2.93. The predicted molar refractivity (Wildman–Crippen MR) is 123 cm³/mol. The Balaban J connectivity index is 1.52. The number of carbonyl (C=O) groups excluding carboxylic acids is 1. The molecule has 166 valence electrons. The number of hydrogen-bond acceptors (Lipinski definition) is 4. The van der Waals surface area contributed by atoms with Gasteiger partial charge in [-0.15, -0.1) is 0 Å². The van der Waals surface area contributed by atoms with Gasteiger partial charge in [0.1, 0.15) is 12.4 Å². The van der Waals surface area contributed by atoms with Gasteiger partial charge in [-0.25, -0.2) is 4.79 Å². The monoisotopic (exact) mass is 444 g/mol. The van der Waals surface area contributed by atoms with Gasteiger partial charge in [0.05, 0.1) is 12.1 Å². The number of hydrogen-bond donors (Lipinski definition) is 2. The van der Waals surface area contributed by atoms with Crippen LogP contribution in [0.1, 0.15) is 24.0 Å². The summed E-state index contributed by atoms with van der Waals surface area (Å²) in [5.74, 6) is 1.40. The van der Waals surface area contributed by atoms with Crippen LogP contribution in [0.15, 0.2) is 53.5 Å². The summed E-state index contributed by atoms with van der Waals surface area (Å²) in [7, 11) is 3.17. The van der Waals surface area contributed by atoms with Crippen LogP contribution in [0.5, 0.6) is 5.75 Å². The lowest BCUT2D eigenvalue weighted by molar-refractivity contribution is 0.111. The first kappa shape index (κ1) is 22.7.